The largest absolute Gasteiger partial charge is 0.382 e. The predicted octanol–water partition coefficient (Wildman–Crippen LogP) is 1.42. The lowest BCUT2D eigenvalue weighted by atomic mass is 10.0. The van der Waals surface area contributed by atoms with Crippen LogP contribution in [0.1, 0.15) is 32.6 Å². The number of unbranched alkanes of at least 4 members (excludes halogenated alkanes) is 1. The minimum atomic E-state index is 0.788. The van der Waals surface area contributed by atoms with Crippen molar-refractivity contribution in [1.29, 1.82) is 0 Å². The third-order valence-electron chi connectivity index (χ3n) is 4.05. The average molecular weight is 271 g/mol. The van der Waals surface area contributed by atoms with E-state index in [4.69, 9.17) is 4.74 Å². The molecular weight excluding hydrogens is 238 g/mol. The number of likely N-dealkylation sites (N-methyl/N-ethyl adjacent to an activating group) is 1. The fourth-order valence-electron chi connectivity index (χ4n) is 2.60. The van der Waals surface area contributed by atoms with Gasteiger partial charge in [-0.15, -0.1) is 0 Å². The van der Waals surface area contributed by atoms with Gasteiger partial charge in [-0.2, -0.15) is 0 Å². The molecule has 0 atom stereocenters. The Bertz CT molecular complexity index is 206. The predicted molar refractivity (Wildman–Crippen MR) is 81.7 cm³/mol. The van der Waals surface area contributed by atoms with Gasteiger partial charge in [0.1, 0.15) is 0 Å². The van der Waals surface area contributed by atoms with E-state index in [9.17, 15) is 0 Å². The first-order valence-corrected chi connectivity index (χ1v) is 7.91. The molecule has 1 heterocycles. The topological polar surface area (TPSA) is 27.7 Å². The van der Waals surface area contributed by atoms with Crippen LogP contribution in [0.5, 0.6) is 0 Å². The second-order valence-electron chi connectivity index (χ2n) is 5.67. The van der Waals surface area contributed by atoms with Crippen LogP contribution in [0.25, 0.3) is 0 Å². The molecule has 19 heavy (non-hydrogen) atoms. The molecule has 0 spiro atoms. The normalized spacial score (nSPS) is 18.3. The van der Waals surface area contributed by atoms with Crippen LogP contribution in [-0.2, 0) is 4.74 Å². The van der Waals surface area contributed by atoms with E-state index < -0.39 is 0 Å². The van der Waals surface area contributed by atoms with Crippen molar-refractivity contribution >= 4 is 0 Å². The second kappa shape index (κ2) is 10.6. The summed E-state index contributed by atoms with van der Waals surface area (Å²) in [5, 5.41) is 3.53. The maximum Gasteiger partial charge on any atom is 0.0466 e. The minimum absolute atomic E-state index is 0.788. The molecule has 0 aromatic rings. The average Bonchev–Trinajstić information content (AvgIpc) is 2.42. The first kappa shape index (κ1) is 16.9. The van der Waals surface area contributed by atoms with Gasteiger partial charge in [0.2, 0.25) is 0 Å². The standard InChI is InChI=1S/C15H33N3O/c1-4-19-14-6-5-9-16-10-13-18(3)15-7-11-17(2)12-8-15/h15-16H,4-14H2,1-3H3. The van der Waals surface area contributed by atoms with Gasteiger partial charge < -0.3 is 19.9 Å². The number of nitrogens with one attached hydrogen (secondary N) is 1. The molecule has 0 aromatic heterocycles. The van der Waals surface area contributed by atoms with Gasteiger partial charge in [0.15, 0.2) is 0 Å². The molecule has 0 unspecified atom stereocenters. The summed E-state index contributed by atoms with van der Waals surface area (Å²) in [4.78, 5) is 4.96. The van der Waals surface area contributed by atoms with Gasteiger partial charge >= 0.3 is 0 Å². The Kier molecular flexibility index (Phi) is 9.43. The highest BCUT2D eigenvalue weighted by atomic mass is 16.5. The van der Waals surface area contributed by atoms with Gasteiger partial charge in [0.05, 0.1) is 0 Å². The molecule has 0 aromatic carbocycles. The van der Waals surface area contributed by atoms with Crippen molar-refractivity contribution in [1.82, 2.24) is 15.1 Å². The second-order valence-corrected chi connectivity index (χ2v) is 5.67. The maximum absolute atomic E-state index is 5.33. The van der Waals surface area contributed by atoms with Crippen molar-refractivity contribution in [2.75, 3.05) is 60.0 Å². The van der Waals surface area contributed by atoms with E-state index >= 15 is 0 Å². The van der Waals surface area contributed by atoms with Gasteiger partial charge in [-0.25, -0.2) is 0 Å². The highest BCUT2D eigenvalue weighted by Crippen LogP contribution is 2.13. The Labute approximate surface area is 119 Å². The smallest absolute Gasteiger partial charge is 0.0466 e. The van der Waals surface area contributed by atoms with Gasteiger partial charge in [-0.05, 0) is 66.3 Å². The van der Waals surface area contributed by atoms with Crippen LogP contribution in [0.15, 0.2) is 0 Å². The Morgan fingerprint density at radius 3 is 2.63 bits per heavy atom. The van der Waals surface area contributed by atoms with E-state index in [0.717, 1.165) is 32.3 Å². The van der Waals surface area contributed by atoms with E-state index in [1.165, 1.54) is 45.3 Å². The lowest BCUT2D eigenvalue weighted by molar-refractivity contribution is 0.141. The zero-order valence-corrected chi connectivity index (χ0v) is 13.2. The summed E-state index contributed by atoms with van der Waals surface area (Å²) < 4.78 is 5.33. The summed E-state index contributed by atoms with van der Waals surface area (Å²) in [5.41, 5.74) is 0. The molecule has 4 heteroatoms. The number of ether oxygens (including phenoxy) is 1. The van der Waals surface area contributed by atoms with Crippen molar-refractivity contribution in [2.24, 2.45) is 0 Å². The first-order chi connectivity index (χ1) is 9.24. The molecule has 0 amide bonds. The molecule has 114 valence electrons. The summed E-state index contributed by atoms with van der Waals surface area (Å²) in [6.45, 7) is 9.70. The minimum Gasteiger partial charge on any atom is -0.382 e. The molecule has 0 aliphatic carbocycles. The van der Waals surface area contributed by atoms with Crippen molar-refractivity contribution in [2.45, 2.75) is 38.6 Å². The fourth-order valence-corrected chi connectivity index (χ4v) is 2.60. The summed E-state index contributed by atoms with van der Waals surface area (Å²) in [6, 6.07) is 0.788. The van der Waals surface area contributed by atoms with Gasteiger partial charge in [0.25, 0.3) is 0 Å². The van der Waals surface area contributed by atoms with E-state index in [1.54, 1.807) is 0 Å². The SMILES string of the molecule is CCOCCCCNCCN(C)C1CCN(C)CC1. The Balaban J connectivity index is 1.91. The van der Waals surface area contributed by atoms with Crippen LogP contribution in [0.3, 0.4) is 0 Å². The van der Waals surface area contributed by atoms with Crippen LogP contribution >= 0.6 is 0 Å². The number of rotatable bonds is 10. The Morgan fingerprint density at radius 1 is 1.21 bits per heavy atom. The number of likely N-dealkylation sites (tertiary alicyclic amines) is 1. The van der Waals surface area contributed by atoms with Crippen molar-refractivity contribution < 1.29 is 4.74 Å². The van der Waals surface area contributed by atoms with Gasteiger partial charge in [0, 0.05) is 32.3 Å². The Morgan fingerprint density at radius 2 is 1.95 bits per heavy atom. The van der Waals surface area contributed by atoms with Crippen molar-refractivity contribution in [3.8, 4) is 0 Å². The van der Waals surface area contributed by atoms with E-state index in [1.807, 2.05) is 0 Å². The van der Waals surface area contributed by atoms with E-state index in [2.05, 4.69) is 36.1 Å². The molecule has 1 saturated heterocycles. The highest BCUT2D eigenvalue weighted by Gasteiger charge is 2.19. The van der Waals surface area contributed by atoms with Gasteiger partial charge in [-0.3, -0.25) is 0 Å². The van der Waals surface area contributed by atoms with Crippen LogP contribution in [0, 0.1) is 0 Å². The molecule has 1 fully saturated rings. The first-order valence-electron chi connectivity index (χ1n) is 7.91. The van der Waals surface area contributed by atoms with Gasteiger partial charge in [-0.1, -0.05) is 0 Å². The third kappa shape index (κ3) is 7.88. The Hall–Kier alpha value is -0.160. The van der Waals surface area contributed by atoms with Crippen LogP contribution < -0.4 is 5.32 Å². The molecule has 4 nitrogen and oxygen atoms in total. The molecular formula is C15H33N3O. The van der Waals surface area contributed by atoms with Crippen molar-refractivity contribution in [3.63, 3.8) is 0 Å². The molecule has 1 aliphatic rings. The monoisotopic (exact) mass is 271 g/mol. The zero-order chi connectivity index (χ0) is 13.9. The van der Waals surface area contributed by atoms with Crippen LogP contribution in [0.4, 0.5) is 0 Å². The molecule has 1 N–H and O–H groups in total. The lowest BCUT2D eigenvalue weighted by Gasteiger charge is -2.35. The molecule has 0 radical (unpaired) electrons. The number of piperidine rings is 1. The van der Waals surface area contributed by atoms with Crippen LogP contribution in [0.2, 0.25) is 0 Å². The molecule has 0 saturated carbocycles. The highest BCUT2D eigenvalue weighted by molar-refractivity contribution is 4.76. The molecule has 1 aliphatic heterocycles. The third-order valence-corrected chi connectivity index (χ3v) is 4.05. The fraction of sp³-hybridized carbons (Fsp3) is 1.00. The lowest BCUT2D eigenvalue weighted by Crippen LogP contribution is -2.44. The summed E-state index contributed by atoms with van der Waals surface area (Å²) in [7, 11) is 4.49. The summed E-state index contributed by atoms with van der Waals surface area (Å²) >= 11 is 0. The molecule has 0 bridgehead atoms. The molecule has 1 rings (SSSR count). The quantitative estimate of drug-likeness (QED) is 0.608. The summed E-state index contributed by atoms with van der Waals surface area (Å²) in [6.07, 6.45) is 5.03. The number of hydrogen-bond acceptors (Lipinski definition) is 4. The maximum atomic E-state index is 5.33. The summed E-state index contributed by atoms with van der Waals surface area (Å²) in [5.74, 6) is 0. The van der Waals surface area contributed by atoms with E-state index in [0.29, 0.717) is 0 Å². The zero-order valence-electron chi connectivity index (χ0n) is 13.2. The van der Waals surface area contributed by atoms with Crippen molar-refractivity contribution in [3.05, 3.63) is 0 Å². The number of nitrogens with zero attached hydrogens (tertiary/aromatic N) is 2. The number of hydrogen-bond donors (Lipinski definition) is 1. The van der Waals surface area contributed by atoms with Crippen LogP contribution in [-0.4, -0.2) is 75.9 Å². The van der Waals surface area contributed by atoms with E-state index in [-0.39, 0.29) is 0 Å².